The molecule has 0 saturated carbocycles. The average molecular weight is 366 g/mol. The zero-order valence-electron chi connectivity index (χ0n) is 14.2. The second-order valence-electron chi connectivity index (χ2n) is 6.09. The minimum Gasteiger partial charge on any atom is -0.403 e. The number of benzene rings is 1. The Hall–Kier alpha value is -3.13. The molecule has 3 aromatic heterocycles. The Morgan fingerprint density at radius 2 is 2.08 bits per heavy atom. The lowest BCUT2D eigenvalue weighted by Crippen LogP contribution is -2.24. The van der Waals surface area contributed by atoms with Gasteiger partial charge in [-0.1, -0.05) is 30.3 Å². The van der Waals surface area contributed by atoms with Crippen molar-refractivity contribution in [3.63, 3.8) is 0 Å². The summed E-state index contributed by atoms with van der Waals surface area (Å²) in [5.74, 6) is 0. The summed E-state index contributed by atoms with van der Waals surface area (Å²) < 4.78 is 4.26. The SMILES string of the molecule is Cn1c2nc(C/C(N)=C/N)sc2c2cnn(Cc3ccccc3)c(=O)c21. The van der Waals surface area contributed by atoms with Crippen molar-refractivity contribution in [2.75, 3.05) is 0 Å². The molecule has 4 N–H and O–H groups in total. The molecule has 0 unspecified atom stereocenters. The minimum absolute atomic E-state index is 0.123. The zero-order valence-corrected chi connectivity index (χ0v) is 15.0. The van der Waals surface area contributed by atoms with Gasteiger partial charge in [0.1, 0.15) is 10.5 Å². The summed E-state index contributed by atoms with van der Waals surface area (Å²) in [4.78, 5) is 17.6. The molecule has 4 rings (SSSR count). The van der Waals surface area contributed by atoms with Crippen LogP contribution in [-0.2, 0) is 20.0 Å². The number of aromatic nitrogens is 4. The number of rotatable bonds is 4. The van der Waals surface area contributed by atoms with E-state index in [-0.39, 0.29) is 5.56 Å². The van der Waals surface area contributed by atoms with Crippen LogP contribution in [0.4, 0.5) is 0 Å². The number of nitrogens with two attached hydrogens (primary N) is 2. The highest BCUT2D eigenvalue weighted by Crippen LogP contribution is 2.31. The van der Waals surface area contributed by atoms with Gasteiger partial charge in [0, 0.05) is 30.8 Å². The third-order valence-corrected chi connectivity index (χ3v) is 5.39. The van der Waals surface area contributed by atoms with Gasteiger partial charge in [-0.05, 0) is 5.56 Å². The predicted octanol–water partition coefficient (Wildman–Crippen LogP) is 1.69. The molecule has 0 spiro atoms. The van der Waals surface area contributed by atoms with Crippen LogP contribution in [-0.4, -0.2) is 19.3 Å². The quantitative estimate of drug-likeness (QED) is 0.572. The molecule has 0 saturated heterocycles. The normalized spacial score (nSPS) is 12.3. The van der Waals surface area contributed by atoms with Gasteiger partial charge in [0.2, 0.25) is 0 Å². The first-order chi connectivity index (χ1) is 12.6. The fraction of sp³-hybridized carbons (Fsp3) is 0.167. The van der Waals surface area contributed by atoms with Crippen molar-refractivity contribution >= 4 is 32.6 Å². The van der Waals surface area contributed by atoms with Crippen molar-refractivity contribution in [1.82, 2.24) is 19.3 Å². The minimum atomic E-state index is -0.123. The van der Waals surface area contributed by atoms with Crippen molar-refractivity contribution in [2.24, 2.45) is 18.5 Å². The molecule has 132 valence electrons. The maximum Gasteiger partial charge on any atom is 0.291 e. The van der Waals surface area contributed by atoms with Crippen molar-refractivity contribution < 1.29 is 0 Å². The average Bonchev–Trinajstić information content (AvgIpc) is 3.17. The number of hydrogen-bond donors (Lipinski definition) is 2. The van der Waals surface area contributed by atoms with Crippen LogP contribution in [0.5, 0.6) is 0 Å². The van der Waals surface area contributed by atoms with Crippen LogP contribution in [0.15, 0.2) is 53.2 Å². The molecule has 26 heavy (non-hydrogen) atoms. The van der Waals surface area contributed by atoms with E-state index < -0.39 is 0 Å². The van der Waals surface area contributed by atoms with Gasteiger partial charge < -0.3 is 16.0 Å². The predicted molar refractivity (Wildman–Crippen MR) is 104 cm³/mol. The van der Waals surface area contributed by atoms with Crippen molar-refractivity contribution in [1.29, 1.82) is 0 Å². The number of aryl methyl sites for hydroxylation is 1. The molecule has 0 aliphatic carbocycles. The standard InChI is InChI=1S/C18H18N6OS/c1-23-15-13(16-17(23)22-14(26-16)7-12(20)8-19)9-21-24(18(15)25)10-11-5-3-2-4-6-11/h2-6,8-9H,7,10,19-20H2,1H3/b12-8-. The molecule has 0 atom stereocenters. The number of thiazole rings is 1. The molecular weight excluding hydrogens is 348 g/mol. The van der Waals surface area contributed by atoms with E-state index >= 15 is 0 Å². The van der Waals surface area contributed by atoms with Crippen LogP contribution in [0.1, 0.15) is 10.6 Å². The zero-order chi connectivity index (χ0) is 18.3. The highest BCUT2D eigenvalue weighted by Gasteiger charge is 2.18. The van der Waals surface area contributed by atoms with E-state index in [1.165, 1.54) is 22.2 Å². The summed E-state index contributed by atoms with van der Waals surface area (Å²) in [5.41, 5.74) is 14.1. The summed E-state index contributed by atoms with van der Waals surface area (Å²) in [6.45, 7) is 0.435. The van der Waals surface area contributed by atoms with Crippen molar-refractivity contribution in [3.05, 3.63) is 69.4 Å². The summed E-state index contributed by atoms with van der Waals surface area (Å²) in [5, 5.41) is 6.04. The first kappa shape index (κ1) is 16.3. The molecule has 1 aromatic carbocycles. The molecule has 3 heterocycles. The summed E-state index contributed by atoms with van der Waals surface area (Å²) >= 11 is 1.51. The van der Waals surface area contributed by atoms with Gasteiger partial charge in [0.05, 0.1) is 17.4 Å². The van der Waals surface area contributed by atoms with Crippen LogP contribution in [0, 0.1) is 0 Å². The second kappa shape index (κ2) is 6.30. The molecular formula is C18H18N6OS. The number of allylic oxidation sites excluding steroid dienone is 1. The largest absolute Gasteiger partial charge is 0.403 e. The second-order valence-corrected chi connectivity index (χ2v) is 7.18. The van der Waals surface area contributed by atoms with Crippen LogP contribution in [0.3, 0.4) is 0 Å². The van der Waals surface area contributed by atoms with E-state index in [4.69, 9.17) is 11.5 Å². The van der Waals surface area contributed by atoms with Gasteiger partial charge in [-0.3, -0.25) is 4.79 Å². The number of nitrogens with zero attached hydrogens (tertiary/aromatic N) is 4. The van der Waals surface area contributed by atoms with Crippen LogP contribution < -0.4 is 17.0 Å². The summed E-state index contributed by atoms with van der Waals surface area (Å²) in [7, 11) is 1.85. The topological polar surface area (TPSA) is 105 Å². The number of hydrogen-bond acceptors (Lipinski definition) is 6. The van der Waals surface area contributed by atoms with Gasteiger partial charge in [0.25, 0.3) is 5.56 Å². The van der Waals surface area contributed by atoms with Crippen molar-refractivity contribution in [2.45, 2.75) is 13.0 Å². The lowest BCUT2D eigenvalue weighted by Gasteiger charge is -2.05. The Labute approximate surface area is 153 Å². The van der Waals surface area contributed by atoms with Crippen LogP contribution in [0.25, 0.3) is 21.3 Å². The van der Waals surface area contributed by atoms with E-state index in [1.807, 2.05) is 41.9 Å². The fourth-order valence-corrected chi connectivity index (χ4v) is 4.15. The smallest absolute Gasteiger partial charge is 0.291 e. The van der Waals surface area contributed by atoms with Gasteiger partial charge in [-0.2, -0.15) is 5.10 Å². The molecule has 0 bridgehead atoms. The monoisotopic (exact) mass is 366 g/mol. The molecule has 0 radical (unpaired) electrons. The summed E-state index contributed by atoms with van der Waals surface area (Å²) in [6, 6.07) is 9.80. The number of fused-ring (bicyclic) bond motifs is 3. The Morgan fingerprint density at radius 1 is 1.31 bits per heavy atom. The lowest BCUT2D eigenvalue weighted by molar-refractivity contribution is 0.644. The highest BCUT2D eigenvalue weighted by molar-refractivity contribution is 7.19. The molecule has 0 fully saturated rings. The summed E-state index contributed by atoms with van der Waals surface area (Å²) in [6.07, 6.45) is 3.62. The van der Waals surface area contributed by atoms with E-state index in [0.29, 0.717) is 24.2 Å². The third-order valence-electron chi connectivity index (χ3n) is 4.31. The van der Waals surface area contributed by atoms with Crippen LogP contribution >= 0.6 is 11.3 Å². The van der Waals surface area contributed by atoms with Crippen LogP contribution in [0.2, 0.25) is 0 Å². The van der Waals surface area contributed by atoms with Gasteiger partial charge in [-0.25, -0.2) is 9.67 Å². The van der Waals surface area contributed by atoms with Gasteiger partial charge in [-0.15, -0.1) is 11.3 Å². The lowest BCUT2D eigenvalue weighted by atomic mass is 10.2. The molecule has 0 amide bonds. The first-order valence-electron chi connectivity index (χ1n) is 8.12. The molecule has 4 aromatic rings. The fourth-order valence-electron chi connectivity index (χ4n) is 3.01. The van der Waals surface area contributed by atoms with E-state index in [1.54, 1.807) is 6.20 Å². The Morgan fingerprint density at radius 3 is 2.81 bits per heavy atom. The van der Waals surface area contributed by atoms with E-state index in [2.05, 4.69) is 10.1 Å². The maximum absolute atomic E-state index is 12.9. The van der Waals surface area contributed by atoms with Gasteiger partial charge in [0.15, 0.2) is 5.65 Å². The Bertz CT molecular complexity index is 1190. The van der Waals surface area contributed by atoms with E-state index in [9.17, 15) is 4.79 Å². The first-order valence-corrected chi connectivity index (χ1v) is 8.94. The van der Waals surface area contributed by atoms with Crippen molar-refractivity contribution in [3.8, 4) is 0 Å². The maximum atomic E-state index is 12.9. The Balaban J connectivity index is 1.82. The van der Waals surface area contributed by atoms with E-state index in [0.717, 1.165) is 26.3 Å². The molecule has 7 nitrogen and oxygen atoms in total. The Kier molecular flexibility index (Phi) is 3.96. The third kappa shape index (κ3) is 2.64. The molecule has 8 heteroatoms. The van der Waals surface area contributed by atoms with Gasteiger partial charge >= 0.3 is 0 Å². The molecule has 0 aliphatic heterocycles. The highest BCUT2D eigenvalue weighted by atomic mass is 32.1. The molecule has 0 aliphatic rings.